The van der Waals surface area contributed by atoms with Gasteiger partial charge >= 0.3 is 5.97 Å². The summed E-state index contributed by atoms with van der Waals surface area (Å²) in [5, 5.41) is 3.21. The van der Waals surface area contributed by atoms with Crippen molar-refractivity contribution in [3.05, 3.63) is 76.3 Å². The zero-order chi connectivity index (χ0) is 24.7. The second kappa shape index (κ2) is 9.47. The lowest BCUT2D eigenvalue weighted by Crippen LogP contribution is -2.48. The second-order valence-corrected chi connectivity index (χ2v) is 9.88. The number of amides is 3. The van der Waals surface area contributed by atoms with Crippen molar-refractivity contribution in [2.45, 2.75) is 18.9 Å². The SMILES string of the molecule is O=C(COC(=O)[C@H](Cc1ccccc1)N1C(=O)[C@@H]2[C@H](C1=O)[C@H]1C=C[C@H]2C1)Nc1ccc(Cl)cc1Cl. The Kier molecular flexibility index (Phi) is 6.38. The maximum Gasteiger partial charge on any atom is 0.330 e. The molecule has 1 aliphatic heterocycles. The summed E-state index contributed by atoms with van der Waals surface area (Å²) in [4.78, 5) is 53.3. The Morgan fingerprint density at radius 2 is 1.66 bits per heavy atom. The molecular formula is C26H22Cl2N2O5. The van der Waals surface area contributed by atoms with Crippen LogP contribution in [0, 0.1) is 23.7 Å². The Balaban J connectivity index is 1.32. The number of esters is 1. The van der Waals surface area contributed by atoms with Crippen molar-refractivity contribution in [1.82, 2.24) is 4.90 Å². The van der Waals surface area contributed by atoms with Crippen LogP contribution in [0.4, 0.5) is 5.69 Å². The molecule has 0 aromatic heterocycles. The third-order valence-electron chi connectivity index (χ3n) is 6.91. The van der Waals surface area contributed by atoms with Gasteiger partial charge in [-0.1, -0.05) is 65.7 Å². The van der Waals surface area contributed by atoms with E-state index in [1.807, 2.05) is 42.5 Å². The number of rotatable bonds is 7. The number of nitrogens with one attached hydrogen (secondary N) is 1. The molecule has 2 fully saturated rings. The summed E-state index contributed by atoms with van der Waals surface area (Å²) < 4.78 is 5.29. The number of anilines is 1. The molecule has 2 aromatic rings. The van der Waals surface area contributed by atoms with Crippen molar-refractivity contribution in [3.63, 3.8) is 0 Å². The first-order valence-corrected chi connectivity index (χ1v) is 12.1. The molecule has 1 N–H and O–H groups in total. The first-order valence-electron chi connectivity index (χ1n) is 11.3. The van der Waals surface area contributed by atoms with E-state index in [-0.39, 0.29) is 35.1 Å². The van der Waals surface area contributed by atoms with E-state index in [0.29, 0.717) is 10.7 Å². The first-order chi connectivity index (χ1) is 16.8. The highest BCUT2D eigenvalue weighted by atomic mass is 35.5. The van der Waals surface area contributed by atoms with E-state index >= 15 is 0 Å². The fourth-order valence-corrected chi connectivity index (χ4v) is 5.82. The highest BCUT2D eigenvalue weighted by Crippen LogP contribution is 2.53. The molecular weight excluding hydrogens is 491 g/mol. The number of ether oxygens (including phenoxy) is 1. The molecule has 3 amide bonds. The Labute approximate surface area is 212 Å². The number of halogens is 2. The van der Waals surface area contributed by atoms with Crippen LogP contribution in [-0.4, -0.2) is 41.2 Å². The number of carbonyl (C=O) groups is 4. The Hall–Kier alpha value is -3.16. The summed E-state index contributed by atoms with van der Waals surface area (Å²) in [5.74, 6) is -2.92. The van der Waals surface area contributed by atoms with Crippen LogP contribution in [0.3, 0.4) is 0 Å². The van der Waals surface area contributed by atoms with E-state index in [2.05, 4.69) is 5.32 Å². The molecule has 1 saturated heterocycles. The lowest BCUT2D eigenvalue weighted by Gasteiger charge is -2.26. The van der Waals surface area contributed by atoms with Crippen LogP contribution >= 0.6 is 23.2 Å². The first kappa shape index (κ1) is 23.6. The number of nitrogens with zero attached hydrogens (tertiary/aromatic N) is 1. The topological polar surface area (TPSA) is 92.8 Å². The van der Waals surface area contributed by atoms with Crippen molar-refractivity contribution >= 4 is 52.6 Å². The summed E-state index contributed by atoms with van der Waals surface area (Å²) in [7, 11) is 0. The standard InChI is InChI=1S/C26H22Cl2N2O5/c27-17-8-9-19(18(28)12-17)29-21(31)13-35-26(34)20(10-14-4-2-1-3-5-14)30-24(32)22-15-6-7-16(11-15)23(22)25(30)33/h1-9,12,15-16,20,22-23H,10-11,13H2,(H,29,31)/t15-,16-,20-,22-,23+/m0/s1. The second-order valence-electron chi connectivity index (χ2n) is 9.03. The van der Waals surface area contributed by atoms with Crippen LogP contribution in [0.25, 0.3) is 0 Å². The largest absolute Gasteiger partial charge is 0.454 e. The number of fused-ring (bicyclic) bond motifs is 5. The molecule has 0 unspecified atom stereocenters. The van der Waals surface area contributed by atoms with Crippen molar-refractivity contribution in [2.24, 2.45) is 23.7 Å². The predicted octanol–water partition coefficient (Wildman–Crippen LogP) is 3.89. The lowest BCUT2D eigenvalue weighted by molar-refractivity contribution is -0.160. The van der Waals surface area contributed by atoms with Crippen LogP contribution < -0.4 is 5.32 Å². The van der Waals surface area contributed by atoms with Gasteiger partial charge in [0.15, 0.2) is 6.61 Å². The normalized spacial score (nSPS) is 25.0. The fraction of sp³-hybridized carbons (Fsp3) is 0.308. The van der Waals surface area contributed by atoms with Crippen LogP contribution in [-0.2, 0) is 30.3 Å². The van der Waals surface area contributed by atoms with Crippen LogP contribution in [0.5, 0.6) is 0 Å². The zero-order valence-corrected chi connectivity index (χ0v) is 20.0. The number of carbonyl (C=O) groups excluding carboxylic acids is 4. The molecule has 2 bridgehead atoms. The Morgan fingerprint density at radius 1 is 1.00 bits per heavy atom. The van der Waals surface area contributed by atoms with Gasteiger partial charge in [0.25, 0.3) is 5.91 Å². The van der Waals surface area contributed by atoms with Crippen molar-refractivity contribution in [1.29, 1.82) is 0 Å². The summed E-state index contributed by atoms with van der Waals surface area (Å²) in [6.07, 6.45) is 4.89. The van der Waals surface area contributed by atoms with Crippen LogP contribution in [0.15, 0.2) is 60.7 Å². The fourth-order valence-electron chi connectivity index (χ4n) is 5.36. The molecule has 0 spiro atoms. The number of benzene rings is 2. The molecule has 2 aromatic carbocycles. The van der Waals surface area contributed by atoms with Gasteiger partial charge in [0.05, 0.1) is 22.5 Å². The lowest BCUT2D eigenvalue weighted by atomic mass is 9.85. The van der Waals surface area contributed by atoms with Gasteiger partial charge in [0.2, 0.25) is 11.8 Å². The van der Waals surface area contributed by atoms with E-state index in [9.17, 15) is 19.2 Å². The molecule has 7 nitrogen and oxygen atoms in total. The van der Waals surface area contributed by atoms with E-state index < -0.39 is 36.4 Å². The molecule has 1 saturated carbocycles. The van der Waals surface area contributed by atoms with E-state index in [1.54, 1.807) is 6.07 Å². The van der Waals surface area contributed by atoms with E-state index in [4.69, 9.17) is 27.9 Å². The number of allylic oxidation sites excluding steroid dienone is 2. The predicted molar refractivity (Wildman–Crippen MR) is 130 cm³/mol. The summed E-state index contributed by atoms with van der Waals surface area (Å²) in [6.45, 7) is -0.598. The van der Waals surface area contributed by atoms with Gasteiger partial charge < -0.3 is 10.1 Å². The minimum Gasteiger partial charge on any atom is -0.454 e. The minimum atomic E-state index is -1.16. The maximum absolute atomic E-state index is 13.3. The number of hydrogen-bond donors (Lipinski definition) is 1. The highest BCUT2D eigenvalue weighted by Gasteiger charge is 2.61. The average Bonchev–Trinajstić information content (AvgIpc) is 3.52. The van der Waals surface area contributed by atoms with Gasteiger partial charge in [-0.05, 0) is 42.0 Å². The molecule has 9 heteroatoms. The Morgan fingerprint density at radius 3 is 2.29 bits per heavy atom. The monoisotopic (exact) mass is 512 g/mol. The smallest absolute Gasteiger partial charge is 0.330 e. The third kappa shape index (κ3) is 4.46. The van der Waals surface area contributed by atoms with Gasteiger partial charge in [-0.15, -0.1) is 0 Å². The van der Waals surface area contributed by atoms with Crippen molar-refractivity contribution in [2.75, 3.05) is 11.9 Å². The number of imide groups is 1. The van der Waals surface area contributed by atoms with Crippen LogP contribution in [0.1, 0.15) is 12.0 Å². The molecule has 1 heterocycles. The molecule has 180 valence electrons. The molecule has 5 rings (SSSR count). The summed E-state index contributed by atoms with van der Waals surface area (Å²) >= 11 is 11.9. The van der Waals surface area contributed by atoms with Crippen molar-refractivity contribution < 1.29 is 23.9 Å². The van der Waals surface area contributed by atoms with Gasteiger partial charge in [-0.2, -0.15) is 0 Å². The van der Waals surface area contributed by atoms with Gasteiger partial charge in [-0.3, -0.25) is 19.3 Å². The molecule has 5 atom stereocenters. The quantitative estimate of drug-likeness (QED) is 0.345. The highest BCUT2D eigenvalue weighted by molar-refractivity contribution is 6.36. The number of hydrogen-bond acceptors (Lipinski definition) is 5. The average molecular weight is 513 g/mol. The molecule has 35 heavy (non-hydrogen) atoms. The van der Waals surface area contributed by atoms with Gasteiger partial charge in [-0.25, -0.2) is 4.79 Å². The summed E-state index contributed by atoms with van der Waals surface area (Å²) in [5.41, 5.74) is 1.09. The van der Waals surface area contributed by atoms with Gasteiger partial charge in [0, 0.05) is 11.4 Å². The van der Waals surface area contributed by atoms with Crippen molar-refractivity contribution in [3.8, 4) is 0 Å². The molecule has 0 radical (unpaired) electrons. The number of likely N-dealkylation sites (tertiary alicyclic amines) is 1. The molecule has 3 aliphatic rings. The third-order valence-corrected chi connectivity index (χ3v) is 7.46. The van der Waals surface area contributed by atoms with E-state index in [1.165, 1.54) is 12.1 Å². The van der Waals surface area contributed by atoms with E-state index in [0.717, 1.165) is 16.9 Å². The summed E-state index contributed by atoms with van der Waals surface area (Å²) in [6, 6.07) is 12.5. The maximum atomic E-state index is 13.3. The Bertz CT molecular complexity index is 1200. The minimum absolute atomic E-state index is 0.0229. The molecule has 2 aliphatic carbocycles. The van der Waals surface area contributed by atoms with Gasteiger partial charge in [0.1, 0.15) is 6.04 Å². The van der Waals surface area contributed by atoms with Crippen LogP contribution in [0.2, 0.25) is 10.0 Å². The zero-order valence-electron chi connectivity index (χ0n) is 18.5.